The second kappa shape index (κ2) is 11.8. The van der Waals surface area contributed by atoms with Crippen LogP contribution < -0.4 is 14.7 Å². The third kappa shape index (κ3) is 7.71. The van der Waals surface area contributed by atoms with Crippen molar-refractivity contribution in [2.75, 3.05) is 13.4 Å². The van der Waals surface area contributed by atoms with Crippen LogP contribution in [0.15, 0.2) is 42.5 Å². The second-order valence-corrected chi connectivity index (χ2v) is 9.42. The molecule has 2 aromatic carbocycles. The number of benzene rings is 2. The van der Waals surface area contributed by atoms with Crippen LogP contribution in [0.5, 0.6) is 11.5 Å². The fourth-order valence-corrected chi connectivity index (χ4v) is 3.47. The number of carboxylic acids is 1. The van der Waals surface area contributed by atoms with Gasteiger partial charge in [0, 0.05) is 0 Å². The van der Waals surface area contributed by atoms with Gasteiger partial charge in [0.1, 0.15) is 17.1 Å². The fraction of sp³-hybridized carbons (Fsp3) is 0.360. The summed E-state index contributed by atoms with van der Waals surface area (Å²) in [5, 5.41) is 22.0. The van der Waals surface area contributed by atoms with Crippen molar-refractivity contribution in [2.45, 2.75) is 39.6 Å². The molecule has 0 bridgehead atoms. The standard InChI is InChI=1S/C25H28BNO10/c1-25(2,3)24(32)36-14-35-23(31)18-9-5-7-16-12-19(26(33)37-22(16)18)27-20(28)11-15-6-4-8-17(10-15)34-13-21(29)30/h4-10,19,33H,11-14H2,1-3H3,(H,27,28)(H,29,30)/t19-/m0/s1. The Labute approximate surface area is 213 Å². The van der Waals surface area contributed by atoms with Crippen molar-refractivity contribution in [1.82, 2.24) is 5.32 Å². The first-order chi connectivity index (χ1) is 17.4. The maximum atomic E-state index is 12.6. The molecule has 37 heavy (non-hydrogen) atoms. The number of carbonyl (C=O) groups excluding carboxylic acids is 3. The number of nitrogens with one attached hydrogen (secondary N) is 1. The van der Waals surface area contributed by atoms with Crippen molar-refractivity contribution in [3.8, 4) is 11.5 Å². The van der Waals surface area contributed by atoms with Gasteiger partial charge in [-0.25, -0.2) is 9.59 Å². The molecule has 0 aromatic heterocycles. The molecule has 12 heteroatoms. The Morgan fingerprint density at radius 1 is 1.11 bits per heavy atom. The first-order valence-electron chi connectivity index (χ1n) is 11.5. The van der Waals surface area contributed by atoms with Crippen LogP contribution in [-0.2, 0) is 36.7 Å². The lowest BCUT2D eigenvalue weighted by Gasteiger charge is -2.29. The molecule has 0 saturated carbocycles. The monoisotopic (exact) mass is 513 g/mol. The summed E-state index contributed by atoms with van der Waals surface area (Å²) < 4.78 is 20.7. The largest absolute Gasteiger partial charge is 0.547 e. The molecule has 1 amide bonds. The number of amides is 1. The summed E-state index contributed by atoms with van der Waals surface area (Å²) in [5.41, 5.74) is 0.457. The minimum atomic E-state index is -1.44. The highest BCUT2D eigenvalue weighted by Crippen LogP contribution is 2.31. The number of hydrogen-bond acceptors (Lipinski definition) is 9. The summed E-state index contributed by atoms with van der Waals surface area (Å²) in [6.07, 6.45) is 0.143. The molecule has 0 radical (unpaired) electrons. The van der Waals surface area contributed by atoms with E-state index in [1.165, 1.54) is 6.07 Å². The van der Waals surface area contributed by atoms with Crippen LogP contribution in [0.3, 0.4) is 0 Å². The van der Waals surface area contributed by atoms with E-state index < -0.39 is 55.7 Å². The molecule has 11 nitrogen and oxygen atoms in total. The lowest BCUT2D eigenvalue weighted by molar-refractivity contribution is -0.161. The van der Waals surface area contributed by atoms with Crippen molar-refractivity contribution in [3.63, 3.8) is 0 Å². The highest BCUT2D eigenvalue weighted by atomic mass is 16.7. The maximum absolute atomic E-state index is 12.6. The van der Waals surface area contributed by atoms with E-state index in [9.17, 15) is 24.2 Å². The van der Waals surface area contributed by atoms with E-state index >= 15 is 0 Å². The summed E-state index contributed by atoms with van der Waals surface area (Å²) in [6.45, 7) is 3.94. The van der Waals surface area contributed by atoms with E-state index in [-0.39, 0.29) is 24.2 Å². The molecular weight excluding hydrogens is 485 g/mol. The number of rotatable bonds is 9. The zero-order valence-electron chi connectivity index (χ0n) is 20.7. The van der Waals surface area contributed by atoms with E-state index in [0.717, 1.165) is 0 Å². The number of fused-ring (bicyclic) bond motifs is 1. The molecule has 3 rings (SSSR count). The summed E-state index contributed by atoms with van der Waals surface area (Å²) in [4.78, 5) is 47.7. The predicted molar refractivity (Wildman–Crippen MR) is 130 cm³/mol. The molecule has 1 atom stereocenters. The molecule has 3 N–H and O–H groups in total. The van der Waals surface area contributed by atoms with Gasteiger partial charge in [-0.3, -0.25) is 9.59 Å². The number of hydrogen-bond donors (Lipinski definition) is 3. The molecule has 1 aliphatic rings. The van der Waals surface area contributed by atoms with Gasteiger partial charge in [-0.05, 0) is 56.5 Å². The van der Waals surface area contributed by atoms with Crippen LogP contribution in [0.4, 0.5) is 0 Å². The summed E-state index contributed by atoms with van der Waals surface area (Å²) in [6, 6.07) is 11.2. The number of aliphatic carboxylic acids is 1. The Hall–Kier alpha value is -4.06. The molecule has 2 aromatic rings. The van der Waals surface area contributed by atoms with Crippen LogP contribution in [0, 0.1) is 5.41 Å². The van der Waals surface area contributed by atoms with Crippen LogP contribution >= 0.6 is 0 Å². The van der Waals surface area contributed by atoms with Crippen molar-refractivity contribution in [2.24, 2.45) is 5.41 Å². The van der Waals surface area contributed by atoms with Crippen molar-refractivity contribution >= 4 is 30.9 Å². The first-order valence-corrected chi connectivity index (χ1v) is 11.5. The molecule has 1 heterocycles. The zero-order valence-corrected chi connectivity index (χ0v) is 20.7. The number of ether oxygens (including phenoxy) is 3. The van der Waals surface area contributed by atoms with Gasteiger partial charge in [0.25, 0.3) is 0 Å². The number of carboxylic acid groups (broad SMARTS) is 1. The molecule has 0 spiro atoms. The number of carbonyl (C=O) groups is 4. The maximum Gasteiger partial charge on any atom is 0.547 e. The van der Waals surface area contributed by atoms with Crippen molar-refractivity contribution < 1.29 is 48.2 Å². The third-order valence-corrected chi connectivity index (χ3v) is 5.30. The van der Waals surface area contributed by atoms with Gasteiger partial charge in [-0.2, -0.15) is 0 Å². The van der Waals surface area contributed by atoms with E-state index in [0.29, 0.717) is 16.9 Å². The van der Waals surface area contributed by atoms with Crippen LogP contribution in [0.25, 0.3) is 0 Å². The highest BCUT2D eigenvalue weighted by Gasteiger charge is 2.38. The van der Waals surface area contributed by atoms with Gasteiger partial charge in [-0.1, -0.05) is 24.3 Å². The summed E-state index contributed by atoms with van der Waals surface area (Å²) in [7, 11) is -1.44. The summed E-state index contributed by atoms with van der Waals surface area (Å²) >= 11 is 0. The lowest BCUT2D eigenvalue weighted by Crippen LogP contribution is -2.53. The molecular formula is C25H28BNO10. The Balaban J connectivity index is 1.60. The van der Waals surface area contributed by atoms with Gasteiger partial charge in [-0.15, -0.1) is 0 Å². The van der Waals surface area contributed by atoms with E-state index in [4.69, 9.17) is 24.0 Å². The average Bonchev–Trinajstić information content (AvgIpc) is 2.82. The lowest BCUT2D eigenvalue weighted by atomic mass is 9.72. The van der Waals surface area contributed by atoms with Crippen molar-refractivity contribution in [3.05, 3.63) is 59.2 Å². The Kier molecular flexibility index (Phi) is 8.77. The number of para-hydroxylation sites is 1. The van der Waals surface area contributed by atoms with Gasteiger partial charge < -0.3 is 34.3 Å². The molecule has 0 aliphatic carbocycles. The number of esters is 2. The van der Waals surface area contributed by atoms with Gasteiger partial charge in [0.15, 0.2) is 6.61 Å². The van der Waals surface area contributed by atoms with Crippen LogP contribution in [0.1, 0.15) is 42.3 Å². The van der Waals surface area contributed by atoms with Crippen LogP contribution in [0.2, 0.25) is 0 Å². The minimum Gasteiger partial charge on any atom is -0.534 e. The zero-order chi connectivity index (χ0) is 27.2. The summed E-state index contributed by atoms with van der Waals surface area (Å²) in [5.74, 6) is -3.19. The third-order valence-electron chi connectivity index (χ3n) is 5.30. The fourth-order valence-electron chi connectivity index (χ4n) is 3.47. The van der Waals surface area contributed by atoms with E-state index in [1.807, 2.05) is 0 Å². The molecule has 0 unspecified atom stereocenters. The Morgan fingerprint density at radius 3 is 2.54 bits per heavy atom. The van der Waals surface area contributed by atoms with E-state index in [1.54, 1.807) is 57.2 Å². The SMILES string of the molecule is CC(C)(C)C(=O)OCOC(=O)c1cccc2c1OB(O)[C@@H](NC(=O)Cc1cccc(OCC(=O)O)c1)C2. The topological polar surface area (TPSA) is 158 Å². The van der Waals surface area contributed by atoms with Gasteiger partial charge >= 0.3 is 25.0 Å². The first kappa shape index (κ1) is 27.5. The quantitative estimate of drug-likeness (QED) is 0.255. The van der Waals surface area contributed by atoms with Gasteiger partial charge in [0.05, 0.1) is 17.8 Å². The molecule has 0 fully saturated rings. The second-order valence-electron chi connectivity index (χ2n) is 9.42. The smallest absolute Gasteiger partial charge is 0.534 e. The molecule has 0 saturated heterocycles. The van der Waals surface area contributed by atoms with Gasteiger partial charge in [0.2, 0.25) is 12.7 Å². The molecule has 196 valence electrons. The molecule has 1 aliphatic heterocycles. The van der Waals surface area contributed by atoms with Crippen molar-refractivity contribution in [1.29, 1.82) is 0 Å². The predicted octanol–water partition coefficient (Wildman–Crippen LogP) is 1.54. The highest BCUT2D eigenvalue weighted by molar-refractivity contribution is 6.47. The van der Waals surface area contributed by atoms with E-state index in [2.05, 4.69) is 5.32 Å². The van der Waals surface area contributed by atoms with Crippen LogP contribution in [-0.4, -0.2) is 60.4 Å². The Morgan fingerprint density at radius 2 is 1.84 bits per heavy atom. The normalized spacial score (nSPS) is 14.6. The average molecular weight is 513 g/mol. The minimum absolute atomic E-state index is 0.0417. The Bertz CT molecular complexity index is 1180.